The summed E-state index contributed by atoms with van der Waals surface area (Å²) >= 11 is 0. The molecule has 3 aliphatic heterocycles. The number of carbonyl (C=O) groups excluding carboxylic acids is 2. The molecule has 0 aromatic rings. The number of hydrogen-bond donors (Lipinski definition) is 0. The highest BCUT2D eigenvalue weighted by molar-refractivity contribution is 5.87. The average Bonchev–Trinajstić information content (AvgIpc) is 3.15. The van der Waals surface area contributed by atoms with Crippen LogP contribution in [0.5, 0.6) is 0 Å². The lowest BCUT2D eigenvalue weighted by molar-refractivity contribution is -0.141. The predicted octanol–water partition coefficient (Wildman–Crippen LogP) is 2.25. The standard InChI is InChI=1S/C19H33N3O2/c1-3-16(2)20-13-6-8-19(10-14-20)9-7-17(23)22(19)15-18(24)21-11-4-5-12-21/h16H,3-15H2,1-2H3. The summed E-state index contributed by atoms with van der Waals surface area (Å²) in [6.07, 6.45) is 8.15. The summed E-state index contributed by atoms with van der Waals surface area (Å²) in [5, 5.41) is 0. The number of carbonyl (C=O) groups is 2. The molecule has 2 amide bonds. The third kappa shape index (κ3) is 3.46. The van der Waals surface area contributed by atoms with Crippen LogP contribution in [-0.4, -0.2) is 70.8 Å². The normalized spacial score (nSPS) is 30.2. The zero-order valence-electron chi connectivity index (χ0n) is 15.4. The summed E-state index contributed by atoms with van der Waals surface area (Å²) in [4.78, 5) is 31.6. The van der Waals surface area contributed by atoms with Crippen LogP contribution in [0.4, 0.5) is 0 Å². The summed E-state index contributed by atoms with van der Waals surface area (Å²) in [6, 6.07) is 0.608. The van der Waals surface area contributed by atoms with Crippen molar-refractivity contribution in [1.82, 2.24) is 14.7 Å². The molecule has 1 spiro atoms. The fourth-order valence-electron chi connectivity index (χ4n) is 4.75. The van der Waals surface area contributed by atoms with E-state index in [2.05, 4.69) is 18.7 Å². The fraction of sp³-hybridized carbons (Fsp3) is 0.895. The maximum atomic E-state index is 12.6. The molecule has 0 radical (unpaired) electrons. The van der Waals surface area contributed by atoms with Crippen LogP contribution in [-0.2, 0) is 9.59 Å². The topological polar surface area (TPSA) is 43.9 Å². The van der Waals surface area contributed by atoms with Gasteiger partial charge >= 0.3 is 0 Å². The Morgan fingerprint density at radius 3 is 2.54 bits per heavy atom. The van der Waals surface area contributed by atoms with Gasteiger partial charge in [-0.3, -0.25) is 9.59 Å². The maximum absolute atomic E-state index is 12.6. The highest BCUT2D eigenvalue weighted by Crippen LogP contribution is 2.39. The van der Waals surface area contributed by atoms with Crippen molar-refractivity contribution in [2.24, 2.45) is 0 Å². The molecule has 3 fully saturated rings. The van der Waals surface area contributed by atoms with Crippen molar-refractivity contribution in [3.63, 3.8) is 0 Å². The van der Waals surface area contributed by atoms with E-state index in [0.29, 0.717) is 19.0 Å². The van der Waals surface area contributed by atoms with Crippen molar-refractivity contribution in [2.75, 3.05) is 32.7 Å². The Labute approximate surface area is 146 Å². The van der Waals surface area contributed by atoms with Gasteiger partial charge in [0, 0.05) is 37.6 Å². The number of likely N-dealkylation sites (tertiary alicyclic amines) is 3. The first-order chi connectivity index (χ1) is 11.6. The zero-order chi connectivity index (χ0) is 17.2. The molecule has 3 saturated heterocycles. The van der Waals surface area contributed by atoms with Gasteiger partial charge in [-0.2, -0.15) is 0 Å². The molecule has 0 aromatic heterocycles. The Balaban J connectivity index is 1.68. The van der Waals surface area contributed by atoms with E-state index in [4.69, 9.17) is 0 Å². The van der Waals surface area contributed by atoms with Gasteiger partial charge in [-0.1, -0.05) is 6.92 Å². The van der Waals surface area contributed by atoms with Crippen molar-refractivity contribution < 1.29 is 9.59 Å². The van der Waals surface area contributed by atoms with Crippen LogP contribution >= 0.6 is 0 Å². The van der Waals surface area contributed by atoms with E-state index in [-0.39, 0.29) is 17.4 Å². The van der Waals surface area contributed by atoms with Gasteiger partial charge < -0.3 is 14.7 Å². The summed E-state index contributed by atoms with van der Waals surface area (Å²) in [5.74, 6) is 0.352. The number of rotatable bonds is 4. The van der Waals surface area contributed by atoms with Crippen LogP contribution in [0.2, 0.25) is 0 Å². The SMILES string of the molecule is CCC(C)N1CCCC2(CCC(=O)N2CC(=O)N2CCCC2)CC1. The van der Waals surface area contributed by atoms with Gasteiger partial charge in [-0.05, 0) is 58.4 Å². The number of amides is 2. The second-order valence-corrected chi connectivity index (χ2v) is 7.94. The lowest BCUT2D eigenvalue weighted by atomic mass is 9.87. The summed E-state index contributed by atoms with van der Waals surface area (Å²) in [5.41, 5.74) is -0.0608. The van der Waals surface area contributed by atoms with Crippen LogP contribution in [0.3, 0.4) is 0 Å². The highest BCUT2D eigenvalue weighted by Gasteiger charge is 2.46. The van der Waals surface area contributed by atoms with Crippen LogP contribution in [0, 0.1) is 0 Å². The third-order valence-corrected chi connectivity index (χ3v) is 6.60. The van der Waals surface area contributed by atoms with Crippen LogP contribution < -0.4 is 0 Å². The van der Waals surface area contributed by atoms with Crippen molar-refractivity contribution in [3.05, 3.63) is 0 Å². The Hall–Kier alpha value is -1.10. The third-order valence-electron chi connectivity index (χ3n) is 6.60. The minimum Gasteiger partial charge on any atom is -0.341 e. The van der Waals surface area contributed by atoms with Gasteiger partial charge in [-0.15, -0.1) is 0 Å². The molecule has 0 aromatic carbocycles. The summed E-state index contributed by atoms with van der Waals surface area (Å²) in [6.45, 7) is 8.76. The minimum atomic E-state index is -0.0608. The molecular formula is C19H33N3O2. The second-order valence-electron chi connectivity index (χ2n) is 7.94. The Morgan fingerprint density at radius 1 is 1.08 bits per heavy atom. The molecule has 2 unspecified atom stereocenters. The lowest BCUT2D eigenvalue weighted by Crippen LogP contribution is -2.51. The van der Waals surface area contributed by atoms with E-state index >= 15 is 0 Å². The number of nitrogens with zero attached hydrogens (tertiary/aromatic N) is 3. The van der Waals surface area contributed by atoms with Gasteiger partial charge in [0.1, 0.15) is 6.54 Å². The first-order valence-corrected chi connectivity index (χ1v) is 9.88. The van der Waals surface area contributed by atoms with E-state index in [9.17, 15) is 9.59 Å². The molecule has 3 aliphatic rings. The van der Waals surface area contributed by atoms with E-state index < -0.39 is 0 Å². The molecule has 5 nitrogen and oxygen atoms in total. The smallest absolute Gasteiger partial charge is 0.242 e. The van der Waals surface area contributed by atoms with Gasteiger partial charge in [0.05, 0.1) is 0 Å². The van der Waals surface area contributed by atoms with Crippen LogP contribution in [0.15, 0.2) is 0 Å². The molecule has 3 rings (SSSR count). The van der Waals surface area contributed by atoms with Crippen molar-refractivity contribution >= 4 is 11.8 Å². The first kappa shape index (κ1) is 17.7. The molecule has 0 bridgehead atoms. The Bertz CT molecular complexity index is 475. The summed E-state index contributed by atoms with van der Waals surface area (Å²) in [7, 11) is 0. The Morgan fingerprint density at radius 2 is 1.83 bits per heavy atom. The number of hydrogen-bond acceptors (Lipinski definition) is 3. The first-order valence-electron chi connectivity index (χ1n) is 9.88. The molecule has 5 heteroatoms. The van der Waals surface area contributed by atoms with Crippen molar-refractivity contribution in [1.29, 1.82) is 0 Å². The van der Waals surface area contributed by atoms with Gasteiger partial charge in [0.25, 0.3) is 0 Å². The highest BCUT2D eigenvalue weighted by atomic mass is 16.2. The molecule has 24 heavy (non-hydrogen) atoms. The molecule has 3 heterocycles. The molecule has 2 atom stereocenters. The summed E-state index contributed by atoms with van der Waals surface area (Å²) < 4.78 is 0. The lowest BCUT2D eigenvalue weighted by Gasteiger charge is -2.38. The van der Waals surface area contributed by atoms with E-state index in [1.54, 1.807) is 0 Å². The average molecular weight is 335 g/mol. The maximum Gasteiger partial charge on any atom is 0.242 e. The van der Waals surface area contributed by atoms with E-state index in [0.717, 1.165) is 64.7 Å². The Kier molecular flexibility index (Phi) is 5.48. The van der Waals surface area contributed by atoms with Gasteiger partial charge in [-0.25, -0.2) is 0 Å². The van der Waals surface area contributed by atoms with E-state index in [1.165, 1.54) is 6.42 Å². The fourth-order valence-corrected chi connectivity index (χ4v) is 4.75. The molecular weight excluding hydrogens is 302 g/mol. The quantitative estimate of drug-likeness (QED) is 0.791. The van der Waals surface area contributed by atoms with Crippen LogP contribution in [0.25, 0.3) is 0 Å². The molecule has 0 N–H and O–H groups in total. The monoisotopic (exact) mass is 335 g/mol. The van der Waals surface area contributed by atoms with Gasteiger partial charge in [0.15, 0.2) is 0 Å². The molecule has 136 valence electrons. The van der Waals surface area contributed by atoms with Gasteiger partial charge in [0.2, 0.25) is 11.8 Å². The van der Waals surface area contributed by atoms with Crippen molar-refractivity contribution in [3.8, 4) is 0 Å². The minimum absolute atomic E-state index is 0.0608. The zero-order valence-corrected chi connectivity index (χ0v) is 15.4. The van der Waals surface area contributed by atoms with Crippen molar-refractivity contribution in [2.45, 2.75) is 76.8 Å². The predicted molar refractivity (Wildman–Crippen MR) is 94.7 cm³/mol. The molecule has 0 aliphatic carbocycles. The van der Waals surface area contributed by atoms with E-state index in [1.807, 2.05) is 9.80 Å². The van der Waals surface area contributed by atoms with Crippen LogP contribution in [0.1, 0.15) is 65.2 Å². The largest absolute Gasteiger partial charge is 0.341 e. The second kappa shape index (κ2) is 7.42. The molecule has 0 saturated carbocycles.